The lowest BCUT2D eigenvalue weighted by molar-refractivity contribution is 0.475. The van der Waals surface area contributed by atoms with Crippen molar-refractivity contribution in [2.75, 3.05) is 5.73 Å². The molecule has 0 fully saturated rings. The second kappa shape index (κ2) is 6.09. The fourth-order valence-electron chi connectivity index (χ4n) is 0.935. The molecule has 0 bridgehead atoms. The zero-order chi connectivity index (χ0) is 11.1. The minimum absolute atomic E-state index is 0.322. The molecule has 0 heterocycles. The Morgan fingerprint density at radius 3 is 1.93 bits per heavy atom. The number of hydrogen-bond donors (Lipinski definition) is 2. The van der Waals surface area contributed by atoms with Crippen LogP contribution in [-0.2, 0) is 0 Å². The fraction of sp³-hybridized carbons (Fsp3) is 0. The molecule has 0 saturated heterocycles. The summed E-state index contributed by atoms with van der Waals surface area (Å²) >= 11 is 3.28. The van der Waals surface area contributed by atoms with E-state index in [1.165, 1.54) is 0 Å². The van der Waals surface area contributed by atoms with Crippen molar-refractivity contribution in [1.82, 2.24) is 0 Å². The number of aromatic hydroxyl groups is 1. The van der Waals surface area contributed by atoms with Crippen LogP contribution in [0.15, 0.2) is 59.1 Å². The zero-order valence-corrected chi connectivity index (χ0v) is 9.68. The van der Waals surface area contributed by atoms with Crippen molar-refractivity contribution in [2.45, 2.75) is 0 Å². The number of para-hydroxylation sites is 1. The van der Waals surface area contributed by atoms with Crippen LogP contribution in [-0.4, -0.2) is 5.11 Å². The predicted octanol–water partition coefficient (Wildman–Crippen LogP) is 3.42. The van der Waals surface area contributed by atoms with E-state index in [1.54, 1.807) is 24.3 Å². The topological polar surface area (TPSA) is 46.2 Å². The van der Waals surface area contributed by atoms with E-state index in [0.717, 1.165) is 10.2 Å². The fourth-order valence-corrected chi connectivity index (χ4v) is 1.35. The number of halogens is 1. The van der Waals surface area contributed by atoms with Crippen LogP contribution in [0.4, 0.5) is 5.69 Å². The minimum Gasteiger partial charge on any atom is -0.508 e. The van der Waals surface area contributed by atoms with Gasteiger partial charge >= 0.3 is 0 Å². The monoisotopic (exact) mass is 265 g/mol. The van der Waals surface area contributed by atoms with Crippen molar-refractivity contribution in [3.63, 3.8) is 0 Å². The average Bonchev–Trinajstić information content (AvgIpc) is 2.19. The molecule has 0 saturated carbocycles. The van der Waals surface area contributed by atoms with Gasteiger partial charge in [0.2, 0.25) is 0 Å². The highest BCUT2D eigenvalue weighted by molar-refractivity contribution is 9.10. The number of phenolic OH excluding ortho intramolecular Hbond substituents is 1. The predicted molar refractivity (Wildman–Crippen MR) is 66.7 cm³/mol. The van der Waals surface area contributed by atoms with Crippen LogP contribution in [0, 0.1) is 0 Å². The molecule has 3 N–H and O–H groups in total. The molecule has 0 aliphatic carbocycles. The van der Waals surface area contributed by atoms with Gasteiger partial charge in [-0.2, -0.15) is 0 Å². The Morgan fingerprint density at radius 1 is 0.933 bits per heavy atom. The summed E-state index contributed by atoms with van der Waals surface area (Å²) in [5.74, 6) is 0.322. The van der Waals surface area contributed by atoms with E-state index < -0.39 is 0 Å². The Hall–Kier alpha value is -1.48. The van der Waals surface area contributed by atoms with E-state index in [-0.39, 0.29) is 0 Å². The number of anilines is 1. The van der Waals surface area contributed by atoms with Gasteiger partial charge in [0.25, 0.3) is 0 Å². The first kappa shape index (κ1) is 11.6. The first-order chi connectivity index (χ1) is 7.18. The molecular weight excluding hydrogens is 254 g/mol. The highest BCUT2D eigenvalue weighted by atomic mass is 79.9. The van der Waals surface area contributed by atoms with Gasteiger partial charge < -0.3 is 10.8 Å². The van der Waals surface area contributed by atoms with Crippen LogP contribution in [0.5, 0.6) is 5.75 Å². The molecule has 2 rings (SSSR count). The third kappa shape index (κ3) is 5.08. The van der Waals surface area contributed by atoms with E-state index in [1.807, 2.05) is 30.3 Å². The average molecular weight is 266 g/mol. The van der Waals surface area contributed by atoms with Gasteiger partial charge in [0.15, 0.2) is 0 Å². The van der Waals surface area contributed by atoms with E-state index in [9.17, 15) is 0 Å². The molecular formula is C12H12BrNO. The molecule has 2 aromatic rings. The van der Waals surface area contributed by atoms with E-state index in [0.29, 0.717) is 5.75 Å². The summed E-state index contributed by atoms with van der Waals surface area (Å²) in [6, 6.07) is 16.3. The van der Waals surface area contributed by atoms with Crippen LogP contribution in [0.3, 0.4) is 0 Å². The lowest BCUT2D eigenvalue weighted by Crippen LogP contribution is -1.80. The van der Waals surface area contributed by atoms with E-state index >= 15 is 0 Å². The summed E-state index contributed by atoms with van der Waals surface area (Å²) in [5.41, 5.74) is 6.22. The van der Waals surface area contributed by atoms with Gasteiger partial charge in [-0.1, -0.05) is 40.2 Å². The third-order valence-corrected chi connectivity index (χ3v) is 2.10. The lowest BCUT2D eigenvalue weighted by Gasteiger charge is -1.89. The Balaban J connectivity index is 0.000000151. The first-order valence-electron chi connectivity index (χ1n) is 4.43. The molecule has 0 spiro atoms. The maximum Gasteiger partial charge on any atom is 0.115 e. The third-order valence-electron chi connectivity index (χ3n) is 1.60. The van der Waals surface area contributed by atoms with Crippen LogP contribution in [0.1, 0.15) is 0 Å². The number of nitrogen functional groups attached to an aromatic ring is 1. The number of nitrogens with two attached hydrogens (primary N) is 1. The lowest BCUT2D eigenvalue weighted by atomic mass is 10.3. The quantitative estimate of drug-likeness (QED) is 0.717. The normalized spacial score (nSPS) is 8.87. The van der Waals surface area contributed by atoms with Crippen molar-refractivity contribution in [3.05, 3.63) is 59.1 Å². The molecule has 0 aliphatic rings. The van der Waals surface area contributed by atoms with Gasteiger partial charge in [-0.15, -0.1) is 0 Å². The van der Waals surface area contributed by atoms with Crippen molar-refractivity contribution in [3.8, 4) is 5.75 Å². The molecule has 2 aromatic carbocycles. The molecule has 0 amide bonds. The summed E-state index contributed by atoms with van der Waals surface area (Å²) in [6.07, 6.45) is 0. The first-order valence-corrected chi connectivity index (χ1v) is 5.23. The molecule has 0 unspecified atom stereocenters. The molecule has 0 radical (unpaired) electrons. The van der Waals surface area contributed by atoms with Gasteiger partial charge in [-0.3, -0.25) is 0 Å². The van der Waals surface area contributed by atoms with Gasteiger partial charge in [0, 0.05) is 10.2 Å². The smallest absolute Gasteiger partial charge is 0.115 e. The number of rotatable bonds is 0. The van der Waals surface area contributed by atoms with Crippen LogP contribution in [0.2, 0.25) is 0 Å². The second-order valence-electron chi connectivity index (χ2n) is 2.89. The summed E-state index contributed by atoms with van der Waals surface area (Å²) in [6.45, 7) is 0. The summed E-state index contributed by atoms with van der Waals surface area (Å²) in [7, 11) is 0. The molecule has 2 nitrogen and oxygen atoms in total. The van der Waals surface area contributed by atoms with E-state index in [2.05, 4.69) is 15.9 Å². The summed E-state index contributed by atoms with van der Waals surface area (Å²) in [5, 5.41) is 8.63. The van der Waals surface area contributed by atoms with Gasteiger partial charge in [0.1, 0.15) is 5.75 Å². The van der Waals surface area contributed by atoms with Crippen molar-refractivity contribution >= 4 is 21.6 Å². The Labute approximate surface area is 97.5 Å². The molecule has 0 atom stereocenters. The van der Waals surface area contributed by atoms with Crippen molar-refractivity contribution in [2.24, 2.45) is 0 Å². The largest absolute Gasteiger partial charge is 0.508 e. The maximum absolute atomic E-state index is 8.63. The second-order valence-corrected chi connectivity index (χ2v) is 3.81. The molecule has 15 heavy (non-hydrogen) atoms. The van der Waals surface area contributed by atoms with E-state index in [4.69, 9.17) is 10.8 Å². The molecule has 3 heteroatoms. The van der Waals surface area contributed by atoms with Crippen molar-refractivity contribution < 1.29 is 5.11 Å². The van der Waals surface area contributed by atoms with Crippen LogP contribution in [0.25, 0.3) is 0 Å². The van der Waals surface area contributed by atoms with Gasteiger partial charge in [-0.05, 0) is 30.3 Å². The zero-order valence-electron chi connectivity index (χ0n) is 8.10. The number of hydrogen-bond acceptors (Lipinski definition) is 2. The number of phenols is 1. The molecule has 78 valence electrons. The van der Waals surface area contributed by atoms with Crippen LogP contribution >= 0.6 is 15.9 Å². The Kier molecular flexibility index (Phi) is 4.71. The Bertz CT molecular complexity index is 386. The number of benzene rings is 2. The highest BCUT2D eigenvalue weighted by Crippen LogP contribution is 2.11. The maximum atomic E-state index is 8.63. The SMILES string of the molecule is Nc1cccc(Br)c1.Oc1ccccc1. The van der Waals surface area contributed by atoms with Gasteiger partial charge in [0.05, 0.1) is 0 Å². The minimum atomic E-state index is 0.322. The summed E-state index contributed by atoms with van der Waals surface area (Å²) in [4.78, 5) is 0. The summed E-state index contributed by atoms with van der Waals surface area (Å²) < 4.78 is 1.03. The molecule has 0 aliphatic heterocycles. The van der Waals surface area contributed by atoms with Crippen LogP contribution < -0.4 is 5.73 Å². The van der Waals surface area contributed by atoms with Crippen molar-refractivity contribution in [1.29, 1.82) is 0 Å². The standard InChI is InChI=1S/C6H6BrN.C6H6O/c7-5-2-1-3-6(8)4-5;7-6-4-2-1-3-5-6/h1-4H,8H2;1-5,7H. The highest BCUT2D eigenvalue weighted by Gasteiger charge is 1.83. The van der Waals surface area contributed by atoms with Gasteiger partial charge in [-0.25, -0.2) is 0 Å². The Morgan fingerprint density at radius 2 is 1.60 bits per heavy atom. The molecule has 0 aromatic heterocycles.